The largest absolute Gasteiger partial charge is 0.623 e. The van der Waals surface area contributed by atoms with Gasteiger partial charge in [-0.25, -0.2) is 14.2 Å². The fourth-order valence-corrected chi connectivity index (χ4v) is 7.80. The molecule has 0 heterocycles. The van der Waals surface area contributed by atoms with Gasteiger partial charge in [0, 0.05) is 62.3 Å². The lowest BCUT2D eigenvalue weighted by Crippen LogP contribution is -2.29. The lowest BCUT2D eigenvalue weighted by Gasteiger charge is -2.19. The zero-order valence-corrected chi connectivity index (χ0v) is 39.4. The van der Waals surface area contributed by atoms with Gasteiger partial charge in [-0.15, -0.1) is 0 Å². The average molecular weight is 1010 g/mol. The molecule has 0 bridgehead atoms. The molecule has 0 aromatic heterocycles. The second-order valence-corrected chi connectivity index (χ2v) is 24.3. The van der Waals surface area contributed by atoms with E-state index < -0.39 is 107 Å². The van der Waals surface area contributed by atoms with Gasteiger partial charge in [0.05, 0.1) is 31.4 Å². The van der Waals surface area contributed by atoms with Gasteiger partial charge in [0.25, 0.3) is 60.7 Å². The molecule has 0 unspecified atom stereocenters. The van der Waals surface area contributed by atoms with Crippen LogP contribution in [0.3, 0.4) is 0 Å². The number of rotatable bonds is 9. The van der Waals surface area contributed by atoms with Gasteiger partial charge in [0.1, 0.15) is 14.7 Å². The van der Waals surface area contributed by atoms with Gasteiger partial charge in [0.15, 0.2) is 35.3 Å². The van der Waals surface area contributed by atoms with Crippen LogP contribution >= 0.6 is 0 Å². The number of benzene rings is 3. The molecule has 0 aliphatic carbocycles. The molecule has 0 saturated carbocycles. The maximum atomic E-state index is 11.8. The first-order valence-electron chi connectivity index (χ1n) is 16.9. The molecule has 0 fully saturated rings. The van der Waals surface area contributed by atoms with Crippen LogP contribution < -0.4 is 0 Å². The Kier molecular flexibility index (Phi) is 17.3. The van der Waals surface area contributed by atoms with Crippen molar-refractivity contribution in [1.29, 1.82) is 0 Å². The topological polar surface area (TPSA) is 404 Å². The molecule has 0 saturated heterocycles. The number of hydrogen-bond acceptors (Lipinski definition) is 15. The van der Waals surface area contributed by atoms with Gasteiger partial charge in [-0.1, -0.05) is 0 Å². The van der Waals surface area contributed by atoms with Crippen molar-refractivity contribution in [2.24, 2.45) is 0 Å². The van der Waals surface area contributed by atoms with E-state index in [1.807, 2.05) is 0 Å². The molecule has 0 spiro atoms. The minimum atomic E-state index is -4.78. The van der Waals surface area contributed by atoms with E-state index in [-0.39, 0.29) is 16.7 Å². The van der Waals surface area contributed by atoms with E-state index in [1.54, 1.807) is 62.3 Å². The fourth-order valence-electron chi connectivity index (χ4n) is 3.98. The summed E-state index contributed by atoms with van der Waals surface area (Å²) >= 11 is 0. The first-order chi connectivity index (χ1) is 27.7. The third kappa shape index (κ3) is 17.6. The average Bonchev–Trinajstić information content (AvgIpc) is 3.05. The Morgan fingerprint density at radius 3 is 0.667 bits per heavy atom. The maximum Gasteiger partial charge on any atom is 0.295 e. The normalized spacial score (nSPS) is 14.2. The standard InChI is InChI=1S/3C11H15NO7S2/c3*1-11(2,3)12(13)7-8-4-5-9(20(14,15)16)6-10(8)21(17,18)19/h3*4-7H,1-3H3,(H,14,15,16)(H,17,18,19)/b3*12-7-. The Bertz CT molecular complexity index is 2690. The van der Waals surface area contributed by atoms with Gasteiger partial charge in [0.2, 0.25) is 0 Å². The first-order valence-corrected chi connectivity index (χ1v) is 25.5. The van der Waals surface area contributed by atoms with Crippen LogP contribution in [0.2, 0.25) is 0 Å². The van der Waals surface area contributed by atoms with E-state index in [2.05, 4.69) is 0 Å². The van der Waals surface area contributed by atoms with Crippen molar-refractivity contribution in [3.05, 3.63) is 86.9 Å². The monoisotopic (exact) mass is 1010 g/mol. The summed E-state index contributed by atoms with van der Waals surface area (Å²) in [7, 11) is -28.3. The zero-order valence-electron chi connectivity index (χ0n) is 34.5. The minimum absolute atomic E-state index is 0.199. The van der Waals surface area contributed by atoms with Crippen LogP contribution in [0.15, 0.2) is 84.0 Å². The fraction of sp³-hybridized carbons (Fsp3) is 0.364. The summed E-state index contributed by atoms with van der Waals surface area (Å²) in [6.45, 7) is 14.2. The summed E-state index contributed by atoms with van der Waals surface area (Å²) in [5.74, 6) is 0. The molecule has 24 nitrogen and oxygen atoms in total. The van der Waals surface area contributed by atoms with Crippen molar-refractivity contribution in [3.63, 3.8) is 0 Å². The Hall–Kier alpha value is -4.47. The second-order valence-electron chi connectivity index (χ2n) is 15.8. The van der Waals surface area contributed by atoms with Crippen LogP contribution in [0.5, 0.6) is 0 Å². The number of hydroxylamine groups is 3. The summed E-state index contributed by atoms with van der Waals surface area (Å²) in [5.41, 5.74) is -3.19. The molecule has 3 aromatic carbocycles. The highest BCUT2D eigenvalue weighted by Crippen LogP contribution is 2.23. The van der Waals surface area contributed by atoms with E-state index in [4.69, 9.17) is 27.3 Å². The van der Waals surface area contributed by atoms with E-state index in [9.17, 15) is 66.1 Å². The van der Waals surface area contributed by atoms with Crippen LogP contribution in [-0.2, 0) is 60.7 Å². The van der Waals surface area contributed by atoms with Gasteiger partial charge in [-0.2, -0.15) is 50.5 Å². The van der Waals surface area contributed by atoms with E-state index in [0.29, 0.717) is 32.4 Å². The summed E-state index contributed by atoms with van der Waals surface area (Å²) in [5, 5.41) is 35.4. The predicted molar refractivity (Wildman–Crippen MR) is 224 cm³/mol. The van der Waals surface area contributed by atoms with Gasteiger partial charge < -0.3 is 15.6 Å². The SMILES string of the molecule is CC(C)(C)/[N+]([O-])=C/c1ccc(S(=O)(=O)O)cc1S(=O)(=O)O.CC(C)(C)/[N+]([O-])=C/c1ccc(S(=O)(=O)O)cc1S(=O)(=O)O.CC(C)(C)/[N+]([O-])=C/c1ccc(S(=O)(=O)O)cc1S(=O)(=O)O. The van der Waals surface area contributed by atoms with Gasteiger partial charge >= 0.3 is 0 Å². The van der Waals surface area contributed by atoms with Crippen LogP contribution in [0.4, 0.5) is 0 Å². The number of hydrogen-bond donors (Lipinski definition) is 6. The minimum Gasteiger partial charge on any atom is -0.623 e. The van der Waals surface area contributed by atoms with Crippen molar-refractivity contribution < 1.29 is 92.0 Å². The van der Waals surface area contributed by atoms with E-state index in [1.165, 1.54) is 0 Å². The lowest BCUT2D eigenvalue weighted by atomic mass is 10.1. The summed E-state index contributed by atoms with van der Waals surface area (Å²) in [6.07, 6.45) is 2.74. The maximum absolute atomic E-state index is 11.8. The molecule has 0 aliphatic heterocycles. The molecule has 0 radical (unpaired) electrons. The Morgan fingerprint density at radius 1 is 0.365 bits per heavy atom. The quantitative estimate of drug-likeness (QED) is 0.0590. The summed E-state index contributed by atoms with van der Waals surface area (Å²) < 4.78 is 189. The molecule has 30 heteroatoms. The van der Waals surface area contributed by atoms with Crippen molar-refractivity contribution in [1.82, 2.24) is 0 Å². The Balaban J connectivity index is 0.000000472. The van der Waals surface area contributed by atoms with Crippen molar-refractivity contribution in [3.8, 4) is 0 Å². The van der Waals surface area contributed by atoms with Crippen molar-refractivity contribution in [2.75, 3.05) is 0 Å². The predicted octanol–water partition coefficient (Wildman–Crippen LogP) is 2.72. The van der Waals surface area contributed by atoms with Crippen molar-refractivity contribution >= 4 is 79.4 Å². The van der Waals surface area contributed by atoms with Crippen LogP contribution in [0.1, 0.15) is 79.0 Å². The molecule has 63 heavy (non-hydrogen) atoms. The molecular formula is C33H45N3O21S6. The third-order valence-electron chi connectivity index (χ3n) is 7.43. The molecule has 3 aromatic rings. The molecule has 0 aliphatic rings. The molecule has 354 valence electrons. The van der Waals surface area contributed by atoms with Gasteiger partial charge in [-0.3, -0.25) is 27.3 Å². The Labute approximate surface area is 364 Å². The molecule has 0 amide bonds. The molecule has 6 N–H and O–H groups in total. The van der Waals surface area contributed by atoms with Gasteiger partial charge in [-0.05, 0) is 54.6 Å². The number of nitrogens with zero attached hydrogens (tertiary/aromatic N) is 3. The van der Waals surface area contributed by atoms with Crippen LogP contribution in [0.25, 0.3) is 0 Å². The molecular weight excluding hydrogens is 967 g/mol. The summed E-state index contributed by atoms with van der Waals surface area (Å²) in [6, 6.07) is 7.51. The summed E-state index contributed by atoms with van der Waals surface area (Å²) in [4.78, 5) is -4.49. The highest BCUT2D eigenvalue weighted by molar-refractivity contribution is 7.87. The van der Waals surface area contributed by atoms with E-state index >= 15 is 0 Å². The highest BCUT2D eigenvalue weighted by atomic mass is 32.2. The first kappa shape index (κ1) is 56.5. The zero-order chi connectivity index (χ0) is 49.9. The van der Waals surface area contributed by atoms with Crippen LogP contribution in [-0.4, -0.2) is 127 Å². The van der Waals surface area contributed by atoms with E-state index in [0.717, 1.165) is 55.0 Å². The molecule has 0 atom stereocenters. The molecule has 3 rings (SSSR count). The van der Waals surface area contributed by atoms with Crippen LogP contribution in [0, 0.1) is 15.6 Å². The smallest absolute Gasteiger partial charge is 0.295 e. The van der Waals surface area contributed by atoms with Crippen molar-refractivity contribution in [2.45, 2.75) is 108 Å². The Morgan fingerprint density at radius 2 is 0.540 bits per heavy atom. The second kappa shape index (κ2) is 19.3. The highest BCUT2D eigenvalue weighted by Gasteiger charge is 2.27. The lowest BCUT2D eigenvalue weighted by molar-refractivity contribution is -0.531. The third-order valence-corrected chi connectivity index (χ3v) is 12.7.